The summed E-state index contributed by atoms with van der Waals surface area (Å²) in [5.74, 6) is -0.159. The van der Waals surface area contributed by atoms with Crippen LogP contribution in [0.3, 0.4) is 0 Å². The summed E-state index contributed by atoms with van der Waals surface area (Å²) in [5, 5.41) is 3.99. The van der Waals surface area contributed by atoms with Crippen LogP contribution in [0.1, 0.15) is 17.3 Å². The minimum atomic E-state index is -0.159. The van der Waals surface area contributed by atoms with Crippen molar-refractivity contribution in [1.29, 1.82) is 0 Å². The van der Waals surface area contributed by atoms with Crippen molar-refractivity contribution in [2.45, 2.75) is 13.0 Å². The van der Waals surface area contributed by atoms with Gasteiger partial charge in [0.25, 0.3) is 5.91 Å². The number of amides is 1. The molecule has 1 rings (SSSR count). The summed E-state index contributed by atoms with van der Waals surface area (Å²) in [4.78, 5) is 11.7. The van der Waals surface area contributed by atoms with E-state index < -0.39 is 0 Å². The lowest BCUT2D eigenvalue weighted by Gasteiger charge is -2.11. The van der Waals surface area contributed by atoms with E-state index in [2.05, 4.69) is 37.2 Å². The fraction of sp³-hybridized carbons (Fsp3) is 0.300. The van der Waals surface area contributed by atoms with E-state index in [0.717, 1.165) is 4.47 Å². The van der Waals surface area contributed by atoms with Crippen molar-refractivity contribution >= 4 is 49.4 Å². The molecule has 0 aliphatic rings. The largest absolute Gasteiger partial charge is 0.349 e. The van der Waals surface area contributed by atoms with Crippen molar-refractivity contribution in [2.24, 2.45) is 0 Å². The van der Waals surface area contributed by atoms with Crippen molar-refractivity contribution in [3.05, 3.63) is 33.3 Å². The van der Waals surface area contributed by atoms with Crippen molar-refractivity contribution in [3.8, 4) is 0 Å². The summed E-state index contributed by atoms with van der Waals surface area (Å²) in [5.41, 5.74) is 0.485. The zero-order valence-corrected chi connectivity index (χ0v) is 12.0. The summed E-state index contributed by atoms with van der Waals surface area (Å²) in [6.45, 7) is 1.92. The molecule has 0 aliphatic carbocycles. The molecule has 1 atom stereocenters. The highest BCUT2D eigenvalue weighted by atomic mass is 79.9. The Hall–Kier alpha value is -0.0600. The molecule has 1 aromatic rings. The van der Waals surface area contributed by atoms with Gasteiger partial charge in [0.1, 0.15) is 0 Å². The maximum Gasteiger partial charge on any atom is 0.253 e. The molecule has 0 bridgehead atoms. The van der Waals surface area contributed by atoms with Crippen molar-refractivity contribution < 1.29 is 4.79 Å². The lowest BCUT2D eigenvalue weighted by atomic mass is 10.2. The van der Waals surface area contributed by atoms with Gasteiger partial charge in [0.05, 0.1) is 10.6 Å². The molecule has 0 fully saturated rings. The Balaban J connectivity index is 2.86. The van der Waals surface area contributed by atoms with Gasteiger partial charge in [-0.05, 0) is 25.1 Å². The van der Waals surface area contributed by atoms with Crippen molar-refractivity contribution in [2.75, 3.05) is 5.33 Å². The highest BCUT2D eigenvalue weighted by Gasteiger charge is 2.12. The Morgan fingerprint density at radius 3 is 2.87 bits per heavy atom. The Bertz CT molecular complexity index is 370. The number of hydrogen-bond acceptors (Lipinski definition) is 1. The number of halogens is 3. The molecule has 0 aromatic heterocycles. The van der Waals surface area contributed by atoms with Crippen LogP contribution in [0.25, 0.3) is 0 Å². The molecule has 1 aromatic carbocycles. The maximum absolute atomic E-state index is 11.7. The second-order valence-electron chi connectivity index (χ2n) is 3.15. The molecule has 82 valence electrons. The smallest absolute Gasteiger partial charge is 0.253 e. The Labute approximate surface area is 111 Å². The van der Waals surface area contributed by atoms with E-state index in [4.69, 9.17) is 11.6 Å². The quantitative estimate of drug-likeness (QED) is 0.825. The van der Waals surface area contributed by atoms with Crippen LogP contribution in [0.15, 0.2) is 22.7 Å². The fourth-order valence-electron chi connectivity index (χ4n) is 1.01. The average molecular weight is 355 g/mol. The molecule has 0 heterocycles. The zero-order chi connectivity index (χ0) is 11.4. The first-order chi connectivity index (χ1) is 7.04. The van der Waals surface area contributed by atoms with Gasteiger partial charge in [0.15, 0.2) is 0 Å². The molecule has 1 N–H and O–H groups in total. The van der Waals surface area contributed by atoms with E-state index in [1.807, 2.05) is 6.92 Å². The van der Waals surface area contributed by atoms with Crippen LogP contribution in [0.4, 0.5) is 0 Å². The molecular formula is C10H10Br2ClNO. The van der Waals surface area contributed by atoms with Gasteiger partial charge in [-0.15, -0.1) is 0 Å². The molecule has 5 heteroatoms. The lowest BCUT2D eigenvalue weighted by molar-refractivity contribution is 0.0944. The topological polar surface area (TPSA) is 29.1 Å². The Morgan fingerprint density at radius 1 is 1.60 bits per heavy atom. The predicted molar refractivity (Wildman–Crippen MR) is 69.9 cm³/mol. The van der Waals surface area contributed by atoms with Crippen LogP contribution < -0.4 is 5.32 Å². The molecule has 0 saturated heterocycles. The third-order valence-corrected chi connectivity index (χ3v) is 3.58. The zero-order valence-electron chi connectivity index (χ0n) is 8.06. The van der Waals surface area contributed by atoms with E-state index in [9.17, 15) is 4.79 Å². The number of carbonyl (C=O) groups excluding carboxylic acids is 1. The van der Waals surface area contributed by atoms with Gasteiger partial charge in [-0.2, -0.15) is 0 Å². The van der Waals surface area contributed by atoms with E-state index in [1.165, 1.54) is 0 Å². The summed E-state index contributed by atoms with van der Waals surface area (Å²) < 4.78 is 0.837. The van der Waals surface area contributed by atoms with Crippen molar-refractivity contribution in [3.63, 3.8) is 0 Å². The normalized spacial score (nSPS) is 12.3. The Kier molecular flexibility index (Phi) is 5.09. The van der Waals surface area contributed by atoms with Crippen LogP contribution in [0.2, 0.25) is 5.02 Å². The van der Waals surface area contributed by atoms with E-state index >= 15 is 0 Å². The number of benzene rings is 1. The lowest BCUT2D eigenvalue weighted by Crippen LogP contribution is -2.33. The van der Waals surface area contributed by atoms with Gasteiger partial charge in [-0.25, -0.2) is 0 Å². The summed E-state index contributed by atoms with van der Waals surface area (Å²) in [6.07, 6.45) is 0. The van der Waals surface area contributed by atoms with E-state index in [0.29, 0.717) is 15.9 Å². The first-order valence-corrected chi connectivity index (χ1v) is 6.65. The van der Waals surface area contributed by atoms with Crippen LogP contribution in [-0.4, -0.2) is 17.3 Å². The molecular weight excluding hydrogens is 345 g/mol. The molecule has 0 radical (unpaired) electrons. The SMILES string of the molecule is CC(CBr)NC(=O)c1cc(Br)ccc1Cl. The molecule has 0 spiro atoms. The number of hydrogen-bond donors (Lipinski definition) is 1. The van der Waals surface area contributed by atoms with Gasteiger partial charge < -0.3 is 5.32 Å². The van der Waals surface area contributed by atoms with Gasteiger partial charge in [-0.3, -0.25) is 4.79 Å². The first kappa shape index (κ1) is 13.0. The maximum atomic E-state index is 11.7. The third kappa shape index (κ3) is 3.78. The highest BCUT2D eigenvalue weighted by Crippen LogP contribution is 2.20. The third-order valence-electron chi connectivity index (χ3n) is 1.78. The van der Waals surface area contributed by atoms with Gasteiger partial charge in [-0.1, -0.05) is 43.5 Å². The molecule has 0 aliphatic heterocycles. The minimum absolute atomic E-state index is 0.0764. The molecule has 1 amide bonds. The van der Waals surface area contributed by atoms with Gasteiger partial charge in [0.2, 0.25) is 0 Å². The van der Waals surface area contributed by atoms with E-state index in [-0.39, 0.29) is 11.9 Å². The van der Waals surface area contributed by atoms with Crippen LogP contribution in [-0.2, 0) is 0 Å². The Morgan fingerprint density at radius 2 is 2.27 bits per heavy atom. The first-order valence-electron chi connectivity index (χ1n) is 4.36. The van der Waals surface area contributed by atoms with Crippen LogP contribution in [0.5, 0.6) is 0 Å². The standard InChI is InChI=1S/C10H10Br2ClNO/c1-6(5-11)14-10(15)8-4-7(12)2-3-9(8)13/h2-4,6H,5H2,1H3,(H,14,15). The number of carbonyl (C=O) groups is 1. The highest BCUT2D eigenvalue weighted by molar-refractivity contribution is 9.10. The minimum Gasteiger partial charge on any atom is -0.349 e. The molecule has 15 heavy (non-hydrogen) atoms. The van der Waals surface area contributed by atoms with E-state index in [1.54, 1.807) is 18.2 Å². The average Bonchev–Trinajstić information content (AvgIpc) is 2.21. The summed E-state index contributed by atoms with van der Waals surface area (Å²) in [6, 6.07) is 5.28. The predicted octanol–water partition coefficient (Wildman–Crippen LogP) is 3.62. The van der Waals surface area contributed by atoms with Gasteiger partial charge in [0, 0.05) is 15.8 Å². The second kappa shape index (κ2) is 5.87. The molecule has 2 nitrogen and oxygen atoms in total. The number of nitrogens with one attached hydrogen (secondary N) is 1. The monoisotopic (exact) mass is 353 g/mol. The number of alkyl halides is 1. The van der Waals surface area contributed by atoms with Crippen molar-refractivity contribution in [1.82, 2.24) is 5.32 Å². The summed E-state index contributed by atoms with van der Waals surface area (Å²) >= 11 is 12.5. The van der Waals surface area contributed by atoms with Crippen LogP contribution in [0, 0.1) is 0 Å². The molecule has 1 unspecified atom stereocenters. The molecule has 0 saturated carbocycles. The van der Waals surface area contributed by atoms with Crippen LogP contribution >= 0.6 is 43.5 Å². The number of rotatable bonds is 3. The summed E-state index contributed by atoms with van der Waals surface area (Å²) in [7, 11) is 0. The van der Waals surface area contributed by atoms with Gasteiger partial charge >= 0.3 is 0 Å². The second-order valence-corrected chi connectivity index (χ2v) is 5.12. The fourth-order valence-corrected chi connectivity index (χ4v) is 1.74.